The number of rotatable bonds is 3. The molecule has 0 bridgehead atoms. The molecule has 20 heavy (non-hydrogen) atoms. The highest BCUT2D eigenvalue weighted by Crippen LogP contribution is 2.15. The van der Waals surface area contributed by atoms with Crippen LogP contribution in [0.25, 0.3) is 0 Å². The third kappa shape index (κ3) is 3.87. The van der Waals surface area contributed by atoms with Gasteiger partial charge in [0.2, 0.25) is 10.0 Å². The van der Waals surface area contributed by atoms with Crippen LogP contribution >= 0.6 is 0 Å². The fourth-order valence-electron chi connectivity index (χ4n) is 1.73. The van der Waals surface area contributed by atoms with E-state index in [4.69, 9.17) is 0 Å². The molecule has 0 aliphatic rings. The van der Waals surface area contributed by atoms with Gasteiger partial charge in [-0.25, -0.2) is 8.42 Å². The summed E-state index contributed by atoms with van der Waals surface area (Å²) in [5.41, 5.74) is 1.49. The summed E-state index contributed by atoms with van der Waals surface area (Å²) in [6.07, 6.45) is 1.18. The molecule has 4 heteroatoms. The summed E-state index contributed by atoms with van der Waals surface area (Å²) in [6.45, 7) is 0.137. The first-order valence-corrected chi connectivity index (χ1v) is 7.99. The lowest BCUT2D eigenvalue weighted by atomic mass is 10.2. The summed E-state index contributed by atoms with van der Waals surface area (Å²) in [5.74, 6) is 5.86. The number of hydrogen-bond acceptors (Lipinski definition) is 2. The number of benzene rings is 2. The van der Waals surface area contributed by atoms with Gasteiger partial charge in [0, 0.05) is 5.56 Å². The molecule has 0 amide bonds. The zero-order valence-electron chi connectivity index (χ0n) is 11.2. The molecule has 0 atom stereocenters. The lowest BCUT2D eigenvalue weighted by molar-refractivity contribution is 0.599. The van der Waals surface area contributed by atoms with Crippen LogP contribution in [0.1, 0.15) is 5.56 Å². The Bertz CT molecular complexity index is 713. The van der Waals surface area contributed by atoms with E-state index < -0.39 is 10.0 Å². The highest BCUT2D eigenvalue weighted by Gasteiger charge is 2.15. The van der Waals surface area contributed by atoms with Gasteiger partial charge < -0.3 is 0 Å². The predicted molar refractivity (Wildman–Crippen MR) is 82.0 cm³/mol. The van der Waals surface area contributed by atoms with Crippen LogP contribution < -0.4 is 4.31 Å². The number of para-hydroxylation sites is 1. The Balaban J connectivity index is 2.21. The first-order valence-electron chi connectivity index (χ1n) is 6.14. The molecule has 0 heterocycles. The molecule has 2 aromatic rings. The van der Waals surface area contributed by atoms with Crippen molar-refractivity contribution < 1.29 is 8.42 Å². The van der Waals surface area contributed by atoms with Crippen LogP contribution in [0, 0.1) is 11.8 Å². The van der Waals surface area contributed by atoms with E-state index in [9.17, 15) is 8.42 Å². The van der Waals surface area contributed by atoms with Gasteiger partial charge in [0.25, 0.3) is 0 Å². The molecule has 0 saturated heterocycles. The fourth-order valence-corrected chi connectivity index (χ4v) is 2.53. The standard InChI is InChI=1S/C16H15NO2S/c1-20(18,19)17(16-12-6-3-7-13-16)14-8-11-15-9-4-2-5-10-15/h2-7,9-10,12-13H,14H2,1H3. The van der Waals surface area contributed by atoms with Crippen molar-refractivity contribution >= 4 is 15.7 Å². The zero-order valence-corrected chi connectivity index (χ0v) is 12.0. The summed E-state index contributed by atoms with van der Waals surface area (Å²) in [6, 6.07) is 18.5. The Kier molecular flexibility index (Phi) is 4.44. The maximum Gasteiger partial charge on any atom is 0.233 e. The van der Waals surface area contributed by atoms with Crippen LogP contribution in [0.5, 0.6) is 0 Å². The molecule has 2 rings (SSSR count). The maximum atomic E-state index is 11.8. The van der Waals surface area contributed by atoms with Gasteiger partial charge in [-0.2, -0.15) is 0 Å². The number of nitrogens with zero attached hydrogens (tertiary/aromatic N) is 1. The predicted octanol–water partition coefficient (Wildman–Crippen LogP) is 2.50. The Labute approximate surface area is 119 Å². The Hall–Kier alpha value is -2.25. The van der Waals surface area contributed by atoms with E-state index >= 15 is 0 Å². The SMILES string of the molecule is CS(=O)(=O)N(CC#Cc1ccccc1)c1ccccc1. The first-order chi connectivity index (χ1) is 9.57. The van der Waals surface area contributed by atoms with Crippen molar-refractivity contribution in [3.05, 3.63) is 66.2 Å². The highest BCUT2D eigenvalue weighted by molar-refractivity contribution is 7.92. The van der Waals surface area contributed by atoms with E-state index in [2.05, 4.69) is 11.8 Å². The Morgan fingerprint density at radius 3 is 2.05 bits per heavy atom. The second kappa shape index (κ2) is 6.27. The molecule has 102 valence electrons. The lowest BCUT2D eigenvalue weighted by Gasteiger charge is -2.19. The number of sulfonamides is 1. The second-order valence-corrected chi connectivity index (χ2v) is 6.18. The summed E-state index contributed by atoms with van der Waals surface area (Å²) in [7, 11) is -3.34. The van der Waals surface area contributed by atoms with Crippen molar-refractivity contribution in [1.82, 2.24) is 0 Å². The summed E-state index contributed by atoms with van der Waals surface area (Å²) in [4.78, 5) is 0. The van der Waals surface area contributed by atoms with Crippen molar-refractivity contribution in [1.29, 1.82) is 0 Å². The van der Waals surface area contributed by atoms with Gasteiger partial charge in [-0.1, -0.05) is 48.2 Å². The number of anilines is 1. The molecule has 0 unspecified atom stereocenters. The van der Waals surface area contributed by atoms with E-state index in [0.29, 0.717) is 5.69 Å². The van der Waals surface area contributed by atoms with E-state index in [-0.39, 0.29) is 6.54 Å². The lowest BCUT2D eigenvalue weighted by Crippen LogP contribution is -2.30. The Morgan fingerprint density at radius 2 is 1.50 bits per heavy atom. The molecule has 0 aliphatic carbocycles. The van der Waals surface area contributed by atoms with Gasteiger partial charge in [0.1, 0.15) is 0 Å². The van der Waals surface area contributed by atoms with E-state index in [1.807, 2.05) is 36.4 Å². The van der Waals surface area contributed by atoms with Gasteiger partial charge in [-0.15, -0.1) is 0 Å². The molecule has 3 nitrogen and oxygen atoms in total. The van der Waals surface area contributed by atoms with E-state index in [1.165, 1.54) is 10.6 Å². The van der Waals surface area contributed by atoms with Gasteiger partial charge in [0.15, 0.2) is 0 Å². The van der Waals surface area contributed by atoms with Gasteiger partial charge in [-0.05, 0) is 24.3 Å². The van der Waals surface area contributed by atoms with Gasteiger partial charge in [-0.3, -0.25) is 4.31 Å². The summed E-state index contributed by atoms with van der Waals surface area (Å²) in [5, 5.41) is 0. The molecule has 0 N–H and O–H groups in total. The van der Waals surface area contributed by atoms with Gasteiger partial charge in [0.05, 0.1) is 18.5 Å². The average Bonchev–Trinajstić information content (AvgIpc) is 2.44. The fraction of sp³-hybridized carbons (Fsp3) is 0.125. The van der Waals surface area contributed by atoms with Crippen molar-refractivity contribution in [2.45, 2.75) is 0 Å². The van der Waals surface area contributed by atoms with E-state index in [0.717, 1.165) is 5.56 Å². The molecule has 0 spiro atoms. The Morgan fingerprint density at radius 1 is 0.950 bits per heavy atom. The molecular weight excluding hydrogens is 270 g/mol. The summed E-state index contributed by atoms with van der Waals surface area (Å²) >= 11 is 0. The molecule has 0 aliphatic heterocycles. The van der Waals surface area contributed by atoms with Crippen molar-refractivity contribution in [2.24, 2.45) is 0 Å². The van der Waals surface area contributed by atoms with Crippen LogP contribution in [0.3, 0.4) is 0 Å². The minimum absolute atomic E-state index is 0.137. The molecule has 0 radical (unpaired) electrons. The quantitative estimate of drug-likeness (QED) is 0.813. The van der Waals surface area contributed by atoms with Crippen molar-refractivity contribution in [3.8, 4) is 11.8 Å². The van der Waals surface area contributed by atoms with E-state index in [1.54, 1.807) is 24.3 Å². The first kappa shape index (κ1) is 14.2. The maximum absolute atomic E-state index is 11.8. The van der Waals surface area contributed by atoms with Gasteiger partial charge >= 0.3 is 0 Å². The highest BCUT2D eigenvalue weighted by atomic mass is 32.2. The van der Waals surface area contributed by atoms with Crippen molar-refractivity contribution in [2.75, 3.05) is 17.1 Å². The molecule has 2 aromatic carbocycles. The monoisotopic (exact) mass is 285 g/mol. The topological polar surface area (TPSA) is 37.4 Å². The van der Waals surface area contributed by atoms with Crippen LogP contribution in [0.4, 0.5) is 5.69 Å². The van der Waals surface area contributed by atoms with Crippen LogP contribution in [-0.2, 0) is 10.0 Å². The molecule has 0 aromatic heterocycles. The summed E-state index contributed by atoms with van der Waals surface area (Å²) < 4.78 is 25.0. The van der Waals surface area contributed by atoms with Crippen molar-refractivity contribution in [3.63, 3.8) is 0 Å². The second-order valence-electron chi connectivity index (χ2n) is 4.27. The third-order valence-corrected chi connectivity index (χ3v) is 3.81. The minimum Gasteiger partial charge on any atom is -0.258 e. The number of hydrogen-bond donors (Lipinski definition) is 0. The average molecular weight is 285 g/mol. The van der Waals surface area contributed by atoms with Crippen LogP contribution in [-0.4, -0.2) is 21.2 Å². The molecule has 0 saturated carbocycles. The largest absolute Gasteiger partial charge is 0.258 e. The third-order valence-electron chi connectivity index (χ3n) is 2.67. The van der Waals surface area contributed by atoms with Crippen LogP contribution in [0.2, 0.25) is 0 Å². The smallest absolute Gasteiger partial charge is 0.233 e. The zero-order chi connectivity index (χ0) is 14.4. The van der Waals surface area contributed by atoms with Crippen LogP contribution in [0.15, 0.2) is 60.7 Å². The minimum atomic E-state index is -3.34. The molecule has 0 fully saturated rings. The normalized spacial score (nSPS) is 10.4. The molecular formula is C16H15NO2S.